The van der Waals surface area contributed by atoms with Crippen molar-refractivity contribution in [3.63, 3.8) is 0 Å². The average molecular weight is 297 g/mol. The third kappa shape index (κ3) is 2.63. The van der Waals surface area contributed by atoms with Crippen molar-refractivity contribution in [2.75, 3.05) is 18.0 Å². The first-order valence-corrected chi connectivity index (χ1v) is 7.11. The summed E-state index contributed by atoms with van der Waals surface area (Å²) in [7, 11) is 0. The number of aromatic nitrogens is 2. The van der Waals surface area contributed by atoms with Gasteiger partial charge in [0.1, 0.15) is 11.6 Å². The molecule has 1 N–H and O–H groups in total. The summed E-state index contributed by atoms with van der Waals surface area (Å²) in [6.45, 7) is 1.71. The van der Waals surface area contributed by atoms with E-state index in [1.54, 1.807) is 12.1 Å². The Morgan fingerprint density at radius 2 is 2.36 bits per heavy atom. The highest BCUT2D eigenvalue weighted by atomic mass is 16.6. The van der Waals surface area contributed by atoms with Crippen LogP contribution < -0.4 is 4.90 Å². The molecule has 1 aliphatic heterocycles. The number of nitrogens with one attached hydrogen (secondary N) is 1. The van der Waals surface area contributed by atoms with Crippen molar-refractivity contribution in [1.29, 1.82) is 5.26 Å². The minimum Gasteiger partial charge on any atom is -0.371 e. The van der Waals surface area contributed by atoms with Gasteiger partial charge in [-0.15, -0.1) is 0 Å². The molecule has 0 aliphatic carbocycles. The van der Waals surface area contributed by atoms with Crippen molar-refractivity contribution in [3.05, 3.63) is 51.8 Å². The molecule has 0 unspecified atom stereocenters. The lowest BCUT2D eigenvalue weighted by atomic mass is 9.92. The Morgan fingerprint density at radius 1 is 1.50 bits per heavy atom. The summed E-state index contributed by atoms with van der Waals surface area (Å²) in [5.74, 6) is 0.383. The number of H-pyrrole nitrogens is 1. The van der Waals surface area contributed by atoms with Gasteiger partial charge in [0.2, 0.25) is 0 Å². The summed E-state index contributed by atoms with van der Waals surface area (Å²) in [5.41, 5.74) is 1.99. The van der Waals surface area contributed by atoms with Crippen molar-refractivity contribution in [3.8, 4) is 6.07 Å². The smallest absolute Gasteiger partial charge is 0.287 e. The number of nitro benzene ring substituents is 1. The third-order valence-corrected chi connectivity index (χ3v) is 4.07. The van der Waals surface area contributed by atoms with E-state index < -0.39 is 4.92 Å². The van der Waals surface area contributed by atoms with Crippen molar-refractivity contribution in [1.82, 2.24) is 10.2 Å². The highest BCUT2D eigenvalue weighted by Crippen LogP contribution is 2.31. The van der Waals surface area contributed by atoms with Gasteiger partial charge >= 0.3 is 0 Å². The molecule has 7 nitrogen and oxygen atoms in total. The molecule has 1 aliphatic rings. The molecule has 2 heterocycles. The molecule has 1 aromatic heterocycles. The number of piperidine rings is 1. The van der Waals surface area contributed by atoms with Gasteiger partial charge in [-0.2, -0.15) is 10.4 Å². The molecular formula is C15H15N5O2. The maximum absolute atomic E-state index is 10.9. The first-order chi connectivity index (χ1) is 10.7. The number of benzene rings is 1. The van der Waals surface area contributed by atoms with Crippen molar-refractivity contribution >= 4 is 11.4 Å². The Bertz CT molecular complexity index is 720. The molecule has 7 heteroatoms. The van der Waals surface area contributed by atoms with Gasteiger partial charge < -0.3 is 4.90 Å². The predicted molar refractivity (Wildman–Crippen MR) is 80.6 cm³/mol. The molecule has 0 bridgehead atoms. The predicted octanol–water partition coefficient (Wildman–Crippen LogP) is 2.57. The minimum atomic E-state index is -0.521. The summed E-state index contributed by atoms with van der Waals surface area (Å²) in [5, 5.41) is 26.8. The lowest BCUT2D eigenvalue weighted by Gasteiger charge is -2.34. The Hall–Kier alpha value is -2.88. The Balaban J connectivity index is 1.85. The number of nitro groups is 1. The number of hydrogen-bond acceptors (Lipinski definition) is 5. The van der Waals surface area contributed by atoms with Gasteiger partial charge in [0, 0.05) is 37.0 Å². The number of nitrogens with zero attached hydrogens (tertiary/aromatic N) is 4. The molecule has 3 rings (SSSR count). The van der Waals surface area contributed by atoms with E-state index in [9.17, 15) is 10.1 Å². The van der Waals surface area contributed by atoms with Gasteiger partial charge in [-0.25, -0.2) is 0 Å². The SMILES string of the molecule is N#Cc1cc(N2CCC[C@@H](c3cn[nH]c3)C2)ccc1[N+](=O)[O-]. The highest BCUT2D eigenvalue weighted by Gasteiger charge is 2.24. The maximum Gasteiger partial charge on any atom is 0.287 e. The standard InChI is InChI=1S/C15H15N5O2/c16-7-12-6-14(3-4-15(12)20(21)22)19-5-1-2-11(10-19)13-8-17-18-9-13/h3-4,6,8-9,11H,1-2,5,10H2,(H,17,18)/t11-/m1/s1. The van der Waals surface area contributed by atoms with Crippen LogP contribution in [0, 0.1) is 21.4 Å². The molecule has 22 heavy (non-hydrogen) atoms. The minimum absolute atomic E-state index is 0.105. The van der Waals surface area contributed by atoms with Crippen LogP contribution in [-0.4, -0.2) is 28.2 Å². The summed E-state index contributed by atoms with van der Waals surface area (Å²) in [6.07, 6.45) is 5.87. The first-order valence-electron chi connectivity index (χ1n) is 7.11. The monoisotopic (exact) mass is 297 g/mol. The second-order valence-electron chi connectivity index (χ2n) is 5.39. The highest BCUT2D eigenvalue weighted by molar-refractivity contribution is 5.60. The van der Waals surface area contributed by atoms with Gasteiger partial charge in [0.15, 0.2) is 0 Å². The van der Waals surface area contributed by atoms with Crippen LogP contribution in [0.3, 0.4) is 0 Å². The van der Waals surface area contributed by atoms with Crippen molar-refractivity contribution < 1.29 is 4.92 Å². The van der Waals surface area contributed by atoms with Crippen LogP contribution in [0.1, 0.15) is 29.9 Å². The third-order valence-electron chi connectivity index (χ3n) is 4.07. The Kier molecular flexibility index (Phi) is 3.74. The number of aromatic amines is 1. The summed E-state index contributed by atoms with van der Waals surface area (Å²) in [6, 6.07) is 6.65. The van der Waals surface area contributed by atoms with Crippen LogP contribution in [0.25, 0.3) is 0 Å². The van der Waals surface area contributed by atoms with Crippen LogP contribution in [-0.2, 0) is 0 Å². The molecule has 1 fully saturated rings. The quantitative estimate of drug-likeness (QED) is 0.693. The van der Waals surface area contributed by atoms with Gasteiger partial charge in [0.25, 0.3) is 5.69 Å². The van der Waals surface area contributed by atoms with Gasteiger partial charge in [0.05, 0.1) is 11.1 Å². The van der Waals surface area contributed by atoms with E-state index in [1.807, 2.05) is 18.5 Å². The second-order valence-corrected chi connectivity index (χ2v) is 5.39. The van der Waals surface area contributed by atoms with Crippen molar-refractivity contribution in [2.24, 2.45) is 0 Å². The van der Waals surface area contributed by atoms with Gasteiger partial charge in [-0.3, -0.25) is 15.2 Å². The molecule has 2 aromatic rings. The number of rotatable bonds is 3. The van der Waals surface area contributed by atoms with E-state index in [2.05, 4.69) is 15.1 Å². The number of nitriles is 1. The Labute approximate surface area is 127 Å². The maximum atomic E-state index is 10.9. The van der Waals surface area contributed by atoms with E-state index in [1.165, 1.54) is 11.6 Å². The summed E-state index contributed by atoms with van der Waals surface area (Å²) < 4.78 is 0. The van der Waals surface area contributed by atoms with Crippen LogP contribution >= 0.6 is 0 Å². The zero-order valence-electron chi connectivity index (χ0n) is 11.9. The topological polar surface area (TPSA) is 98.8 Å². The number of anilines is 1. The van der Waals surface area contributed by atoms with Crippen LogP contribution in [0.15, 0.2) is 30.6 Å². The van der Waals surface area contributed by atoms with E-state index in [0.717, 1.165) is 31.6 Å². The molecule has 0 saturated carbocycles. The van der Waals surface area contributed by atoms with E-state index in [-0.39, 0.29) is 11.3 Å². The van der Waals surface area contributed by atoms with Crippen molar-refractivity contribution in [2.45, 2.75) is 18.8 Å². The fourth-order valence-corrected chi connectivity index (χ4v) is 2.94. The fraction of sp³-hybridized carbons (Fsp3) is 0.333. The molecule has 1 atom stereocenters. The molecule has 1 saturated heterocycles. The zero-order valence-corrected chi connectivity index (χ0v) is 11.9. The average Bonchev–Trinajstić information content (AvgIpc) is 3.08. The van der Waals surface area contributed by atoms with E-state index in [0.29, 0.717) is 5.92 Å². The van der Waals surface area contributed by atoms with Gasteiger partial charge in [-0.05, 0) is 30.5 Å². The van der Waals surface area contributed by atoms with E-state index >= 15 is 0 Å². The molecule has 0 radical (unpaired) electrons. The van der Waals surface area contributed by atoms with Crippen LogP contribution in [0.5, 0.6) is 0 Å². The lowest BCUT2D eigenvalue weighted by molar-refractivity contribution is -0.385. The van der Waals surface area contributed by atoms with E-state index in [4.69, 9.17) is 5.26 Å². The summed E-state index contributed by atoms with van der Waals surface area (Å²) >= 11 is 0. The fourth-order valence-electron chi connectivity index (χ4n) is 2.94. The molecular weight excluding hydrogens is 282 g/mol. The van der Waals surface area contributed by atoms with Crippen LogP contribution in [0.4, 0.5) is 11.4 Å². The normalized spacial score (nSPS) is 18.0. The summed E-state index contributed by atoms with van der Waals surface area (Å²) in [4.78, 5) is 12.6. The molecule has 0 spiro atoms. The van der Waals surface area contributed by atoms with Crippen LogP contribution in [0.2, 0.25) is 0 Å². The molecule has 1 aromatic carbocycles. The Morgan fingerprint density at radius 3 is 3.05 bits per heavy atom. The van der Waals surface area contributed by atoms with Gasteiger partial charge in [-0.1, -0.05) is 0 Å². The first kappa shape index (κ1) is 14.1. The molecule has 0 amide bonds. The zero-order chi connectivity index (χ0) is 15.5. The molecule has 112 valence electrons. The lowest BCUT2D eigenvalue weighted by Crippen LogP contribution is -2.34. The largest absolute Gasteiger partial charge is 0.371 e. The second kappa shape index (κ2) is 5.85. The number of hydrogen-bond donors (Lipinski definition) is 1.